The van der Waals surface area contributed by atoms with E-state index in [1.54, 1.807) is 0 Å². The number of rotatable bonds is 5. The number of carbonyl (C=O) groups excluding carboxylic acids is 1. The van der Waals surface area contributed by atoms with E-state index in [0.717, 1.165) is 11.1 Å². The zero-order valence-corrected chi connectivity index (χ0v) is 15.6. The van der Waals surface area contributed by atoms with Crippen molar-refractivity contribution in [2.75, 3.05) is 19.7 Å². The van der Waals surface area contributed by atoms with Gasteiger partial charge in [0.05, 0.1) is 12.0 Å². The average molecular weight is 380 g/mol. The van der Waals surface area contributed by atoms with Crippen LogP contribution in [0.1, 0.15) is 36.3 Å². The Morgan fingerprint density at radius 1 is 1.04 bits per heavy atom. The van der Waals surface area contributed by atoms with Crippen molar-refractivity contribution in [1.82, 2.24) is 10.6 Å². The first-order chi connectivity index (χ1) is 13.6. The molecule has 146 valence electrons. The summed E-state index contributed by atoms with van der Waals surface area (Å²) in [7, 11) is 0. The number of benzene rings is 2. The van der Waals surface area contributed by atoms with Crippen LogP contribution in [0.15, 0.2) is 48.5 Å². The molecular weight excluding hydrogens is 356 g/mol. The quantitative estimate of drug-likeness (QED) is 0.742. The van der Waals surface area contributed by atoms with E-state index >= 15 is 0 Å². The maximum Gasteiger partial charge on any atom is 0.407 e. The molecule has 2 aromatic rings. The Labute approximate surface area is 163 Å². The summed E-state index contributed by atoms with van der Waals surface area (Å²) in [4.78, 5) is 23.8. The second-order valence-electron chi connectivity index (χ2n) is 7.55. The molecule has 1 fully saturated rings. The van der Waals surface area contributed by atoms with Gasteiger partial charge in [0.15, 0.2) is 0 Å². The third-order valence-corrected chi connectivity index (χ3v) is 5.76. The third kappa shape index (κ3) is 3.60. The molecule has 1 aliphatic heterocycles. The SMILES string of the molecule is O=C(O)CC1(NC(=O)OCC2c3ccccc3-c3ccccc32)CCNCC1. The molecule has 4 rings (SSSR count). The molecule has 6 heteroatoms. The molecule has 0 bridgehead atoms. The number of amides is 1. The fourth-order valence-electron chi connectivity index (χ4n) is 4.39. The molecule has 3 N–H and O–H groups in total. The minimum absolute atomic E-state index is 0.0124. The van der Waals surface area contributed by atoms with Crippen LogP contribution in [0.25, 0.3) is 11.1 Å². The summed E-state index contributed by atoms with van der Waals surface area (Å²) in [6, 6.07) is 16.3. The minimum Gasteiger partial charge on any atom is -0.481 e. The number of carboxylic acid groups (broad SMARTS) is 1. The lowest BCUT2D eigenvalue weighted by Gasteiger charge is -2.36. The number of carboxylic acids is 1. The van der Waals surface area contributed by atoms with Gasteiger partial charge in [0, 0.05) is 5.92 Å². The molecular formula is C22H24N2O4. The summed E-state index contributed by atoms with van der Waals surface area (Å²) in [6.07, 6.45) is 0.497. The second kappa shape index (κ2) is 7.64. The summed E-state index contributed by atoms with van der Waals surface area (Å²) < 4.78 is 5.59. The van der Waals surface area contributed by atoms with Crippen LogP contribution >= 0.6 is 0 Å². The van der Waals surface area contributed by atoms with Gasteiger partial charge < -0.3 is 20.5 Å². The standard InChI is InChI=1S/C22H24N2O4/c25-20(26)13-22(9-11-23-12-10-22)24-21(27)28-14-19-17-7-3-1-5-15(17)16-6-2-4-8-18(16)19/h1-8,19,23H,9-14H2,(H,24,27)(H,25,26). The molecule has 1 saturated heterocycles. The molecule has 6 nitrogen and oxygen atoms in total. The highest BCUT2D eigenvalue weighted by molar-refractivity contribution is 5.79. The van der Waals surface area contributed by atoms with Crippen molar-refractivity contribution in [2.45, 2.75) is 30.7 Å². The molecule has 28 heavy (non-hydrogen) atoms. The molecule has 0 unspecified atom stereocenters. The Bertz CT molecular complexity index is 844. The maximum atomic E-state index is 12.5. The number of hydrogen-bond acceptors (Lipinski definition) is 4. The van der Waals surface area contributed by atoms with Crippen LogP contribution in [0.5, 0.6) is 0 Å². The first-order valence-electron chi connectivity index (χ1n) is 9.64. The van der Waals surface area contributed by atoms with Crippen LogP contribution in [0.3, 0.4) is 0 Å². The number of ether oxygens (including phenoxy) is 1. The van der Waals surface area contributed by atoms with Gasteiger partial charge in [-0.05, 0) is 48.2 Å². The summed E-state index contributed by atoms with van der Waals surface area (Å²) in [5.74, 6) is -0.928. The summed E-state index contributed by atoms with van der Waals surface area (Å²) in [6.45, 7) is 1.58. The minimum atomic E-state index is -0.916. The molecule has 1 aliphatic carbocycles. The molecule has 1 amide bonds. The van der Waals surface area contributed by atoms with Crippen LogP contribution < -0.4 is 10.6 Å². The first kappa shape index (κ1) is 18.5. The molecule has 0 spiro atoms. The summed E-state index contributed by atoms with van der Waals surface area (Å²) in [5.41, 5.74) is 3.90. The van der Waals surface area contributed by atoms with E-state index in [1.165, 1.54) is 11.1 Å². The van der Waals surface area contributed by atoms with Crippen molar-refractivity contribution >= 4 is 12.1 Å². The monoisotopic (exact) mass is 380 g/mol. The van der Waals surface area contributed by atoms with Gasteiger partial charge in [-0.2, -0.15) is 0 Å². The second-order valence-corrected chi connectivity index (χ2v) is 7.55. The zero-order valence-electron chi connectivity index (χ0n) is 15.6. The number of fused-ring (bicyclic) bond motifs is 3. The van der Waals surface area contributed by atoms with E-state index < -0.39 is 17.6 Å². The summed E-state index contributed by atoms with van der Waals surface area (Å²) in [5, 5.41) is 15.3. The highest BCUT2D eigenvalue weighted by atomic mass is 16.5. The molecule has 0 radical (unpaired) electrons. The van der Waals surface area contributed by atoms with Gasteiger partial charge in [-0.1, -0.05) is 48.5 Å². The Kier molecular flexibility index (Phi) is 5.05. The van der Waals surface area contributed by atoms with Gasteiger partial charge >= 0.3 is 12.1 Å². The summed E-state index contributed by atoms with van der Waals surface area (Å²) >= 11 is 0. The van der Waals surface area contributed by atoms with Crippen LogP contribution in [-0.2, 0) is 9.53 Å². The van der Waals surface area contributed by atoms with Gasteiger partial charge in [0.2, 0.25) is 0 Å². The van der Waals surface area contributed by atoms with E-state index in [-0.39, 0.29) is 18.9 Å². The zero-order chi connectivity index (χ0) is 19.6. The van der Waals surface area contributed by atoms with E-state index in [2.05, 4.69) is 34.9 Å². The lowest BCUT2D eigenvalue weighted by molar-refractivity contribution is -0.138. The fourth-order valence-corrected chi connectivity index (χ4v) is 4.39. The van der Waals surface area contributed by atoms with E-state index in [0.29, 0.717) is 25.9 Å². The number of aliphatic carboxylic acids is 1. The maximum absolute atomic E-state index is 12.5. The Hall–Kier alpha value is -2.86. The van der Waals surface area contributed by atoms with Gasteiger partial charge in [0.1, 0.15) is 6.61 Å². The van der Waals surface area contributed by atoms with Crippen molar-refractivity contribution in [3.63, 3.8) is 0 Å². The molecule has 2 aliphatic rings. The molecule has 2 aromatic carbocycles. The Morgan fingerprint density at radius 2 is 1.61 bits per heavy atom. The van der Waals surface area contributed by atoms with Crippen molar-refractivity contribution in [2.24, 2.45) is 0 Å². The van der Waals surface area contributed by atoms with Crippen LogP contribution in [-0.4, -0.2) is 42.4 Å². The van der Waals surface area contributed by atoms with Gasteiger partial charge in [-0.15, -0.1) is 0 Å². The molecule has 0 saturated carbocycles. The largest absolute Gasteiger partial charge is 0.481 e. The molecule has 0 atom stereocenters. The third-order valence-electron chi connectivity index (χ3n) is 5.76. The van der Waals surface area contributed by atoms with Gasteiger partial charge in [0.25, 0.3) is 0 Å². The first-order valence-corrected chi connectivity index (χ1v) is 9.64. The van der Waals surface area contributed by atoms with Gasteiger partial charge in [-0.3, -0.25) is 4.79 Å². The normalized spacial score (nSPS) is 17.4. The topological polar surface area (TPSA) is 87.7 Å². The van der Waals surface area contributed by atoms with E-state index in [9.17, 15) is 14.7 Å². The van der Waals surface area contributed by atoms with Gasteiger partial charge in [-0.25, -0.2) is 4.79 Å². The van der Waals surface area contributed by atoms with Crippen molar-refractivity contribution in [3.8, 4) is 11.1 Å². The van der Waals surface area contributed by atoms with Crippen molar-refractivity contribution in [1.29, 1.82) is 0 Å². The molecule has 1 heterocycles. The van der Waals surface area contributed by atoms with Crippen LogP contribution in [0, 0.1) is 0 Å². The van der Waals surface area contributed by atoms with Crippen molar-refractivity contribution < 1.29 is 19.4 Å². The number of piperidine rings is 1. The fraction of sp³-hybridized carbons (Fsp3) is 0.364. The number of hydrogen-bond donors (Lipinski definition) is 3. The van der Waals surface area contributed by atoms with Crippen molar-refractivity contribution in [3.05, 3.63) is 59.7 Å². The lowest BCUT2D eigenvalue weighted by Crippen LogP contribution is -2.55. The predicted octanol–water partition coefficient (Wildman–Crippen LogP) is 3.12. The Morgan fingerprint density at radius 3 is 2.18 bits per heavy atom. The van der Waals surface area contributed by atoms with Crippen LogP contribution in [0.4, 0.5) is 4.79 Å². The number of nitrogens with one attached hydrogen (secondary N) is 2. The predicted molar refractivity (Wildman–Crippen MR) is 105 cm³/mol. The number of alkyl carbamates (subject to hydrolysis) is 1. The highest BCUT2D eigenvalue weighted by Gasteiger charge is 2.37. The van der Waals surface area contributed by atoms with E-state index in [4.69, 9.17) is 4.74 Å². The van der Waals surface area contributed by atoms with Crippen LogP contribution in [0.2, 0.25) is 0 Å². The smallest absolute Gasteiger partial charge is 0.407 e. The average Bonchev–Trinajstić information content (AvgIpc) is 3.00. The van der Waals surface area contributed by atoms with E-state index in [1.807, 2.05) is 24.3 Å². The Balaban J connectivity index is 1.47. The lowest BCUT2D eigenvalue weighted by atomic mass is 9.85. The highest BCUT2D eigenvalue weighted by Crippen LogP contribution is 2.44. The molecule has 0 aromatic heterocycles. The number of carbonyl (C=O) groups is 2.